The molecule has 1 heterocycles. The van der Waals surface area contributed by atoms with Crippen molar-refractivity contribution < 1.29 is 13.2 Å². The van der Waals surface area contributed by atoms with Crippen molar-refractivity contribution in [3.05, 3.63) is 29.8 Å². The molecular weight excluding hydrogens is 216 g/mol. The average Bonchev–Trinajstić information content (AvgIpc) is 2.69. The fourth-order valence-corrected chi connectivity index (χ4v) is 2.12. The van der Waals surface area contributed by atoms with E-state index in [0.717, 1.165) is 0 Å². The molecule has 80 valence electrons. The highest BCUT2D eigenvalue weighted by Crippen LogP contribution is 2.17. The van der Waals surface area contributed by atoms with E-state index in [4.69, 9.17) is 9.88 Å². The van der Waals surface area contributed by atoms with Gasteiger partial charge >= 0.3 is 0 Å². The number of nitrogens with two attached hydrogens (primary N) is 1. The number of hydrogen-bond acceptors (Lipinski definition) is 4. The first-order chi connectivity index (χ1) is 7.09. The molecule has 0 atom stereocenters. The molecule has 0 saturated carbocycles. The van der Waals surface area contributed by atoms with E-state index >= 15 is 0 Å². The van der Waals surface area contributed by atoms with Gasteiger partial charge in [-0.05, 0) is 12.1 Å². The molecule has 2 N–H and O–H groups in total. The summed E-state index contributed by atoms with van der Waals surface area (Å²) in [6, 6.07) is 6.39. The van der Waals surface area contributed by atoms with E-state index in [9.17, 15) is 8.42 Å². The Morgan fingerprint density at radius 3 is 2.67 bits per heavy atom. The van der Waals surface area contributed by atoms with Gasteiger partial charge in [0.1, 0.15) is 6.61 Å². The number of rotatable bonds is 2. The summed E-state index contributed by atoms with van der Waals surface area (Å²) in [6.45, 7) is 1.03. The van der Waals surface area contributed by atoms with Crippen LogP contribution in [0.2, 0.25) is 0 Å². The predicted molar refractivity (Wildman–Crippen MR) is 55.2 cm³/mol. The third-order valence-electron chi connectivity index (χ3n) is 2.01. The van der Waals surface area contributed by atoms with Gasteiger partial charge in [0, 0.05) is 0 Å². The Labute approximate surface area is 87.6 Å². The van der Waals surface area contributed by atoms with Gasteiger partial charge in [0.25, 0.3) is 0 Å². The molecule has 0 fully saturated rings. The number of primary sulfonamides is 1. The van der Waals surface area contributed by atoms with Crippen molar-refractivity contribution in [3.8, 4) is 0 Å². The SMILES string of the molecule is NS(=O)(=O)c1ccccc1C1=NCCO1. The molecule has 0 aliphatic carbocycles. The summed E-state index contributed by atoms with van der Waals surface area (Å²) in [4.78, 5) is 4.10. The number of aliphatic imine (C=N–C) groups is 1. The Hall–Kier alpha value is -1.40. The molecule has 15 heavy (non-hydrogen) atoms. The fraction of sp³-hybridized carbons (Fsp3) is 0.222. The fourth-order valence-electron chi connectivity index (χ4n) is 1.39. The number of benzene rings is 1. The van der Waals surface area contributed by atoms with Crippen LogP contribution in [0.4, 0.5) is 0 Å². The lowest BCUT2D eigenvalue weighted by atomic mass is 10.2. The van der Waals surface area contributed by atoms with Crippen LogP contribution in [0.25, 0.3) is 0 Å². The summed E-state index contributed by atoms with van der Waals surface area (Å²) in [5.41, 5.74) is 0.428. The summed E-state index contributed by atoms with van der Waals surface area (Å²) < 4.78 is 27.8. The summed E-state index contributed by atoms with van der Waals surface area (Å²) in [6.07, 6.45) is 0. The molecular formula is C9H10N2O3S. The van der Waals surface area contributed by atoms with Gasteiger partial charge in [-0.15, -0.1) is 0 Å². The van der Waals surface area contributed by atoms with Crippen LogP contribution in [0.5, 0.6) is 0 Å². The molecule has 2 rings (SSSR count). The Morgan fingerprint density at radius 1 is 1.33 bits per heavy atom. The van der Waals surface area contributed by atoms with Crippen LogP contribution in [-0.4, -0.2) is 27.5 Å². The molecule has 0 unspecified atom stereocenters. The van der Waals surface area contributed by atoms with Crippen LogP contribution in [0.3, 0.4) is 0 Å². The van der Waals surface area contributed by atoms with Gasteiger partial charge in [-0.1, -0.05) is 12.1 Å². The lowest BCUT2D eigenvalue weighted by Crippen LogP contribution is -2.17. The number of ether oxygens (including phenoxy) is 1. The molecule has 0 amide bonds. The highest BCUT2D eigenvalue weighted by molar-refractivity contribution is 7.89. The maximum atomic E-state index is 11.3. The first kappa shape index (κ1) is 10.1. The van der Waals surface area contributed by atoms with Crippen molar-refractivity contribution in [2.45, 2.75) is 4.90 Å². The quantitative estimate of drug-likeness (QED) is 0.777. The van der Waals surface area contributed by atoms with Gasteiger partial charge in [-0.2, -0.15) is 0 Å². The first-order valence-corrected chi connectivity index (χ1v) is 5.93. The second-order valence-electron chi connectivity index (χ2n) is 3.08. The second-order valence-corrected chi connectivity index (χ2v) is 4.61. The lowest BCUT2D eigenvalue weighted by molar-refractivity contribution is 0.347. The van der Waals surface area contributed by atoms with E-state index in [-0.39, 0.29) is 4.90 Å². The standard InChI is InChI=1S/C9H10N2O3S/c10-15(12,13)8-4-2-1-3-7(8)9-11-5-6-14-9/h1-4H,5-6H2,(H2,10,12,13). The van der Waals surface area contributed by atoms with Crippen molar-refractivity contribution in [1.29, 1.82) is 0 Å². The Bertz CT molecular complexity index is 508. The van der Waals surface area contributed by atoms with Crippen LogP contribution in [0, 0.1) is 0 Å². The summed E-state index contributed by atoms with van der Waals surface area (Å²) in [5.74, 6) is 0.347. The first-order valence-electron chi connectivity index (χ1n) is 4.38. The third-order valence-corrected chi connectivity index (χ3v) is 2.98. The third kappa shape index (κ3) is 2.00. The number of hydrogen-bond donors (Lipinski definition) is 1. The maximum Gasteiger partial charge on any atom is 0.238 e. The van der Waals surface area contributed by atoms with Crippen LogP contribution in [0.15, 0.2) is 34.2 Å². The molecule has 1 aromatic rings. The monoisotopic (exact) mass is 226 g/mol. The number of nitrogens with zero attached hydrogens (tertiary/aromatic N) is 1. The highest BCUT2D eigenvalue weighted by Gasteiger charge is 2.19. The Morgan fingerprint density at radius 2 is 2.07 bits per heavy atom. The molecule has 1 aliphatic rings. The Balaban J connectivity index is 2.56. The highest BCUT2D eigenvalue weighted by atomic mass is 32.2. The van der Waals surface area contributed by atoms with Crippen molar-refractivity contribution in [2.24, 2.45) is 10.1 Å². The molecule has 0 bridgehead atoms. The molecule has 0 spiro atoms. The van der Waals surface area contributed by atoms with Crippen LogP contribution in [0.1, 0.15) is 5.56 Å². The molecule has 0 radical (unpaired) electrons. The minimum atomic E-state index is -3.73. The zero-order valence-corrected chi connectivity index (χ0v) is 8.70. The zero-order chi connectivity index (χ0) is 10.9. The van der Waals surface area contributed by atoms with E-state index in [0.29, 0.717) is 24.6 Å². The smallest absolute Gasteiger partial charge is 0.238 e. The van der Waals surface area contributed by atoms with Crippen LogP contribution < -0.4 is 5.14 Å². The zero-order valence-electron chi connectivity index (χ0n) is 7.88. The van der Waals surface area contributed by atoms with Crippen LogP contribution in [-0.2, 0) is 14.8 Å². The molecule has 1 aromatic carbocycles. The van der Waals surface area contributed by atoms with Crippen molar-refractivity contribution in [2.75, 3.05) is 13.2 Å². The molecule has 6 heteroatoms. The van der Waals surface area contributed by atoms with Crippen molar-refractivity contribution in [1.82, 2.24) is 0 Å². The van der Waals surface area contributed by atoms with Crippen molar-refractivity contribution >= 4 is 15.9 Å². The van der Waals surface area contributed by atoms with Crippen LogP contribution >= 0.6 is 0 Å². The topological polar surface area (TPSA) is 81.8 Å². The van der Waals surface area contributed by atoms with E-state index in [1.807, 2.05) is 0 Å². The van der Waals surface area contributed by atoms with Gasteiger partial charge in [0.15, 0.2) is 0 Å². The van der Waals surface area contributed by atoms with E-state index in [2.05, 4.69) is 4.99 Å². The lowest BCUT2D eigenvalue weighted by Gasteiger charge is -2.06. The van der Waals surface area contributed by atoms with Gasteiger partial charge in [0.05, 0.1) is 17.0 Å². The number of sulfonamides is 1. The minimum Gasteiger partial charge on any atom is -0.475 e. The molecule has 0 aromatic heterocycles. The minimum absolute atomic E-state index is 0.0469. The maximum absolute atomic E-state index is 11.3. The van der Waals surface area contributed by atoms with E-state index in [1.54, 1.807) is 18.2 Å². The summed E-state index contributed by atoms with van der Waals surface area (Å²) in [5, 5.41) is 5.09. The van der Waals surface area contributed by atoms with Gasteiger partial charge in [0.2, 0.25) is 15.9 Å². The predicted octanol–water partition coefficient (Wildman–Crippen LogP) is 0.111. The van der Waals surface area contributed by atoms with E-state index in [1.165, 1.54) is 6.07 Å². The molecule has 0 saturated heterocycles. The van der Waals surface area contributed by atoms with Gasteiger partial charge in [-0.25, -0.2) is 18.5 Å². The normalized spacial score (nSPS) is 15.9. The molecule has 1 aliphatic heterocycles. The van der Waals surface area contributed by atoms with E-state index < -0.39 is 10.0 Å². The Kier molecular flexibility index (Phi) is 2.45. The molecule has 5 nitrogen and oxygen atoms in total. The average molecular weight is 226 g/mol. The second kappa shape index (κ2) is 3.63. The largest absolute Gasteiger partial charge is 0.475 e. The van der Waals surface area contributed by atoms with Gasteiger partial charge < -0.3 is 4.74 Å². The van der Waals surface area contributed by atoms with Crippen molar-refractivity contribution in [3.63, 3.8) is 0 Å². The summed E-state index contributed by atoms with van der Waals surface area (Å²) >= 11 is 0. The van der Waals surface area contributed by atoms with Gasteiger partial charge in [-0.3, -0.25) is 0 Å². The summed E-state index contributed by atoms with van der Waals surface area (Å²) in [7, 11) is -3.73.